The van der Waals surface area contributed by atoms with Gasteiger partial charge in [-0.25, -0.2) is 0 Å². The van der Waals surface area contributed by atoms with Crippen molar-refractivity contribution in [2.24, 2.45) is 0 Å². The van der Waals surface area contributed by atoms with E-state index in [-0.39, 0.29) is 5.91 Å². The number of ether oxygens (including phenoxy) is 2. The zero-order chi connectivity index (χ0) is 19.8. The monoisotopic (exact) mass is 371 g/mol. The number of para-hydroxylation sites is 2. The third-order valence-electron chi connectivity index (χ3n) is 3.51. The van der Waals surface area contributed by atoms with Gasteiger partial charge in [0, 0.05) is 18.2 Å². The van der Waals surface area contributed by atoms with E-state index in [2.05, 4.69) is 16.2 Å². The van der Waals surface area contributed by atoms with Crippen LogP contribution in [0.25, 0.3) is 0 Å². The number of nitrogens with one attached hydrogen (secondary N) is 3. The average molecular weight is 371 g/mol. The lowest BCUT2D eigenvalue weighted by atomic mass is 10.2. The number of carbonyl (C=O) groups is 3. The summed E-state index contributed by atoms with van der Waals surface area (Å²) in [6, 6.07) is 13.2. The summed E-state index contributed by atoms with van der Waals surface area (Å²) in [6.45, 7) is 2.95. The van der Waals surface area contributed by atoms with E-state index in [9.17, 15) is 14.4 Å². The van der Waals surface area contributed by atoms with Gasteiger partial charge in [0.15, 0.2) is 17.6 Å². The summed E-state index contributed by atoms with van der Waals surface area (Å²) >= 11 is 0. The van der Waals surface area contributed by atoms with Gasteiger partial charge in [0.2, 0.25) is 5.91 Å². The summed E-state index contributed by atoms with van der Waals surface area (Å²) in [7, 11) is 1.50. The van der Waals surface area contributed by atoms with Gasteiger partial charge < -0.3 is 14.8 Å². The number of benzene rings is 2. The molecule has 3 amide bonds. The Morgan fingerprint density at radius 3 is 2.15 bits per heavy atom. The smallest absolute Gasteiger partial charge is 0.279 e. The minimum Gasteiger partial charge on any atom is -0.493 e. The van der Waals surface area contributed by atoms with Crippen LogP contribution in [-0.2, 0) is 9.59 Å². The van der Waals surface area contributed by atoms with Crippen LogP contribution in [0.15, 0.2) is 48.5 Å². The van der Waals surface area contributed by atoms with Crippen molar-refractivity contribution in [1.82, 2.24) is 10.9 Å². The van der Waals surface area contributed by atoms with Gasteiger partial charge in [0.05, 0.1) is 7.11 Å². The van der Waals surface area contributed by atoms with Gasteiger partial charge in [0.25, 0.3) is 11.8 Å². The first-order valence-corrected chi connectivity index (χ1v) is 8.18. The number of hydrogen-bond donors (Lipinski definition) is 3. The van der Waals surface area contributed by atoms with E-state index < -0.39 is 17.9 Å². The maximum absolute atomic E-state index is 12.1. The number of carbonyl (C=O) groups excluding carboxylic acids is 3. The molecule has 0 aliphatic carbocycles. The molecule has 0 bridgehead atoms. The molecule has 0 fully saturated rings. The highest BCUT2D eigenvalue weighted by molar-refractivity contribution is 5.96. The lowest BCUT2D eigenvalue weighted by Gasteiger charge is -2.16. The summed E-state index contributed by atoms with van der Waals surface area (Å²) in [5.74, 6) is -0.308. The number of amides is 3. The van der Waals surface area contributed by atoms with Gasteiger partial charge in [-0.3, -0.25) is 25.2 Å². The Morgan fingerprint density at radius 2 is 1.56 bits per heavy atom. The first kappa shape index (κ1) is 19.8. The van der Waals surface area contributed by atoms with Crippen molar-refractivity contribution in [3.05, 3.63) is 54.1 Å². The molecule has 0 saturated heterocycles. The summed E-state index contributed by atoms with van der Waals surface area (Å²) in [6.07, 6.45) is -0.858. The fourth-order valence-corrected chi connectivity index (χ4v) is 2.16. The van der Waals surface area contributed by atoms with Crippen LogP contribution in [0.5, 0.6) is 11.5 Å². The highest BCUT2D eigenvalue weighted by Gasteiger charge is 2.17. The Balaban J connectivity index is 1.88. The lowest BCUT2D eigenvalue weighted by Crippen LogP contribution is -2.47. The van der Waals surface area contributed by atoms with Gasteiger partial charge in [-0.15, -0.1) is 0 Å². The van der Waals surface area contributed by atoms with E-state index >= 15 is 0 Å². The molecule has 0 saturated carbocycles. The molecule has 0 heterocycles. The fourth-order valence-electron chi connectivity index (χ4n) is 2.16. The third-order valence-corrected chi connectivity index (χ3v) is 3.51. The SMILES string of the molecule is COc1ccccc1OC(C)C(=O)NNC(=O)c1ccc(NC(C)=O)cc1. The van der Waals surface area contributed by atoms with Crippen molar-refractivity contribution in [2.75, 3.05) is 12.4 Å². The molecule has 1 unspecified atom stereocenters. The van der Waals surface area contributed by atoms with Crippen molar-refractivity contribution in [1.29, 1.82) is 0 Å². The van der Waals surface area contributed by atoms with E-state index in [4.69, 9.17) is 9.47 Å². The summed E-state index contributed by atoms with van der Waals surface area (Å²) in [5, 5.41) is 2.60. The number of methoxy groups -OCH3 is 1. The van der Waals surface area contributed by atoms with Crippen molar-refractivity contribution >= 4 is 23.4 Å². The predicted molar refractivity (Wildman–Crippen MR) is 99.4 cm³/mol. The normalized spacial score (nSPS) is 11.1. The molecule has 1 atom stereocenters. The Kier molecular flexibility index (Phi) is 6.76. The van der Waals surface area contributed by atoms with Gasteiger partial charge in [-0.1, -0.05) is 12.1 Å². The molecule has 142 valence electrons. The molecule has 2 aromatic carbocycles. The van der Waals surface area contributed by atoms with Crippen LogP contribution < -0.4 is 25.6 Å². The maximum atomic E-state index is 12.1. The van der Waals surface area contributed by atoms with Gasteiger partial charge >= 0.3 is 0 Å². The predicted octanol–water partition coefficient (Wildman–Crippen LogP) is 1.88. The van der Waals surface area contributed by atoms with Crippen LogP contribution in [0, 0.1) is 0 Å². The highest BCUT2D eigenvalue weighted by Crippen LogP contribution is 2.26. The third kappa shape index (κ3) is 5.74. The molecule has 8 nitrogen and oxygen atoms in total. The van der Waals surface area contributed by atoms with E-state index in [1.165, 1.54) is 26.2 Å². The summed E-state index contributed by atoms with van der Waals surface area (Å²) < 4.78 is 10.7. The van der Waals surface area contributed by atoms with Crippen LogP contribution >= 0.6 is 0 Å². The van der Waals surface area contributed by atoms with Gasteiger partial charge in [-0.05, 0) is 43.3 Å². The standard InChI is InChI=1S/C19H21N3O5/c1-12(27-17-7-5-4-6-16(17)26-3)18(24)21-22-19(25)14-8-10-15(11-9-14)20-13(2)23/h4-12H,1-3H3,(H,20,23)(H,21,24)(H,22,25). The first-order valence-electron chi connectivity index (χ1n) is 8.18. The lowest BCUT2D eigenvalue weighted by molar-refractivity contribution is -0.128. The van der Waals surface area contributed by atoms with E-state index in [0.717, 1.165) is 0 Å². The summed E-state index contributed by atoms with van der Waals surface area (Å²) in [5.41, 5.74) is 5.52. The molecule has 2 aromatic rings. The second kappa shape index (κ2) is 9.23. The van der Waals surface area contributed by atoms with E-state index in [1.807, 2.05) is 0 Å². The molecule has 27 heavy (non-hydrogen) atoms. The molecule has 0 aliphatic heterocycles. The molecule has 8 heteroatoms. The number of hydrazine groups is 1. The average Bonchev–Trinajstić information content (AvgIpc) is 2.66. The van der Waals surface area contributed by atoms with Crippen LogP contribution in [0.3, 0.4) is 0 Å². The first-order chi connectivity index (χ1) is 12.9. The van der Waals surface area contributed by atoms with Crippen LogP contribution in [-0.4, -0.2) is 30.9 Å². The Labute approximate surface area is 156 Å². The molecule has 0 aromatic heterocycles. The zero-order valence-electron chi connectivity index (χ0n) is 15.2. The molecular weight excluding hydrogens is 350 g/mol. The van der Waals surface area contributed by atoms with E-state index in [0.29, 0.717) is 22.7 Å². The fraction of sp³-hybridized carbons (Fsp3) is 0.211. The van der Waals surface area contributed by atoms with Crippen molar-refractivity contribution in [2.45, 2.75) is 20.0 Å². The Morgan fingerprint density at radius 1 is 0.926 bits per heavy atom. The molecule has 3 N–H and O–H groups in total. The largest absolute Gasteiger partial charge is 0.493 e. The van der Waals surface area contributed by atoms with Crippen LogP contribution in [0.2, 0.25) is 0 Å². The topological polar surface area (TPSA) is 106 Å². The second-order valence-electron chi connectivity index (χ2n) is 5.61. The summed E-state index contributed by atoms with van der Waals surface area (Å²) in [4.78, 5) is 35.2. The molecule has 0 radical (unpaired) electrons. The molecule has 0 spiro atoms. The minimum absolute atomic E-state index is 0.205. The quantitative estimate of drug-likeness (QED) is 0.673. The second-order valence-corrected chi connectivity index (χ2v) is 5.61. The van der Waals surface area contributed by atoms with Crippen molar-refractivity contribution in [3.63, 3.8) is 0 Å². The number of rotatable bonds is 6. The van der Waals surface area contributed by atoms with E-state index in [1.54, 1.807) is 43.3 Å². The number of anilines is 1. The Hall–Kier alpha value is -3.55. The van der Waals surface area contributed by atoms with Crippen LogP contribution in [0.4, 0.5) is 5.69 Å². The molecular formula is C19H21N3O5. The highest BCUT2D eigenvalue weighted by atomic mass is 16.5. The van der Waals surface area contributed by atoms with Crippen molar-refractivity contribution < 1.29 is 23.9 Å². The van der Waals surface area contributed by atoms with Crippen molar-refractivity contribution in [3.8, 4) is 11.5 Å². The van der Waals surface area contributed by atoms with Gasteiger partial charge in [0.1, 0.15) is 0 Å². The molecule has 2 rings (SSSR count). The minimum atomic E-state index is -0.858. The number of hydrogen-bond acceptors (Lipinski definition) is 5. The maximum Gasteiger partial charge on any atom is 0.279 e. The Bertz CT molecular complexity index is 820. The van der Waals surface area contributed by atoms with Gasteiger partial charge in [-0.2, -0.15) is 0 Å². The molecule has 0 aliphatic rings. The zero-order valence-corrected chi connectivity index (χ0v) is 15.2. The van der Waals surface area contributed by atoms with Crippen LogP contribution in [0.1, 0.15) is 24.2 Å².